The highest BCUT2D eigenvalue weighted by atomic mass is 16.3. The molecule has 0 saturated heterocycles. The predicted octanol–water partition coefficient (Wildman–Crippen LogP) is 1.31. The molecule has 7 nitrogen and oxygen atoms in total. The highest BCUT2D eigenvalue weighted by Crippen LogP contribution is 2.31. The van der Waals surface area contributed by atoms with Crippen LogP contribution >= 0.6 is 0 Å². The van der Waals surface area contributed by atoms with Crippen molar-refractivity contribution in [2.45, 2.75) is 6.17 Å². The molecular weight excluding hydrogens is 244 g/mol. The van der Waals surface area contributed by atoms with E-state index in [1.807, 2.05) is 24.3 Å². The number of nitrogens with two attached hydrogens (primary N) is 1. The maximum Gasteiger partial charge on any atom is 0.205 e. The van der Waals surface area contributed by atoms with E-state index in [4.69, 9.17) is 10.2 Å². The first kappa shape index (κ1) is 10.1. The number of aliphatic imine (C=N–C) groups is 1. The molecule has 19 heavy (non-hydrogen) atoms. The average Bonchev–Trinajstić information content (AvgIpc) is 3.05. The van der Waals surface area contributed by atoms with Gasteiger partial charge in [0.2, 0.25) is 6.17 Å². The molecule has 0 aliphatic carbocycles. The minimum absolute atomic E-state index is 0.333. The zero-order chi connectivity index (χ0) is 12.8. The maximum atomic E-state index is 5.83. The Morgan fingerprint density at radius 1 is 1.32 bits per heavy atom. The summed E-state index contributed by atoms with van der Waals surface area (Å²) >= 11 is 0. The fraction of sp³-hybridized carbons (Fsp3) is 0.0833. The van der Waals surface area contributed by atoms with Crippen molar-refractivity contribution < 1.29 is 4.42 Å². The molecule has 7 heteroatoms. The molecule has 4 rings (SSSR count). The minimum Gasteiger partial charge on any atom is -0.465 e. The molecule has 1 unspecified atom stereocenters. The Bertz CT molecular complexity index is 773. The second-order valence-corrected chi connectivity index (χ2v) is 4.20. The van der Waals surface area contributed by atoms with Crippen LogP contribution in [0.5, 0.6) is 0 Å². The van der Waals surface area contributed by atoms with E-state index in [0.717, 1.165) is 11.2 Å². The van der Waals surface area contributed by atoms with E-state index in [-0.39, 0.29) is 0 Å². The average molecular weight is 254 g/mol. The monoisotopic (exact) mass is 254 g/mol. The van der Waals surface area contributed by atoms with Crippen molar-refractivity contribution in [3.63, 3.8) is 0 Å². The third kappa shape index (κ3) is 1.41. The summed E-state index contributed by atoms with van der Waals surface area (Å²) < 4.78 is 7.13. The molecule has 0 fully saturated rings. The van der Waals surface area contributed by atoms with E-state index in [2.05, 4.69) is 20.4 Å². The highest BCUT2D eigenvalue weighted by Gasteiger charge is 2.26. The lowest BCUT2D eigenvalue weighted by Gasteiger charge is -2.20. The summed E-state index contributed by atoms with van der Waals surface area (Å²) in [4.78, 5) is 8.56. The van der Waals surface area contributed by atoms with Crippen LogP contribution in [0, 0.1) is 0 Å². The zero-order valence-corrected chi connectivity index (χ0v) is 9.82. The predicted molar refractivity (Wildman–Crippen MR) is 69.6 cm³/mol. The van der Waals surface area contributed by atoms with Gasteiger partial charge in [-0.05, 0) is 24.3 Å². The molecule has 0 saturated carbocycles. The van der Waals surface area contributed by atoms with Gasteiger partial charge in [-0.25, -0.2) is 14.7 Å². The molecule has 0 bridgehead atoms. The topological polar surface area (TPSA) is 94.3 Å². The third-order valence-corrected chi connectivity index (χ3v) is 3.01. The smallest absolute Gasteiger partial charge is 0.205 e. The Morgan fingerprint density at radius 3 is 3.11 bits per heavy atom. The number of fused-ring (bicyclic) bond motifs is 3. The van der Waals surface area contributed by atoms with Crippen LogP contribution in [0.4, 0.5) is 5.82 Å². The molecule has 94 valence electrons. The van der Waals surface area contributed by atoms with Gasteiger partial charge in [-0.2, -0.15) is 0 Å². The minimum atomic E-state index is -0.402. The van der Waals surface area contributed by atoms with Crippen LogP contribution in [0.15, 0.2) is 46.1 Å². The number of anilines is 1. The van der Waals surface area contributed by atoms with E-state index < -0.39 is 6.17 Å². The molecule has 3 N–H and O–H groups in total. The second-order valence-electron chi connectivity index (χ2n) is 4.20. The SMILES string of the molecule is NC1=NC(c2ccco2)n2nc3ncccc3c2N1. The standard InChI is InChI=1S/C12H10N6O/c13-12-15-10-7-3-1-5-14-9(7)17-18(10)11(16-12)8-4-2-6-19-8/h1-6,11H,(H3,13,15,16). The molecule has 0 aromatic carbocycles. The number of hydrogen-bond acceptors (Lipinski definition) is 6. The Balaban J connectivity index is 1.98. The van der Waals surface area contributed by atoms with Crippen molar-refractivity contribution in [1.82, 2.24) is 14.8 Å². The van der Waals surface area contributed by atoms with Gasteiger partial charge in [0.25, 0.3) is 0 Å². The van der Waals surface area contributed by atoms with Gasteiger partial charge in [0.1, 0.15) is 5.82 Å². The quantitative estimate of drug-likeness (QED) is 0.682. The molecule has 4 heterocycles. The molecule has 1 aliphatic heterocycles. The van der Waals surface area contributed by atoms with Gasteiger partial charge in [-0.15, -0.1) is 5.10 Å². The number of aromatic nitrogens is 3. The van der Waals surface area contributed by atoms with Gasteiger partial charge in [0.05, 0.1) is 11.6 Å². The largest absolute Gasteiger partial charge is 0.465 e. The molecular formula is C12H10N6O. The van der Waals surface area contributed by atoms with Crippen LogP contribution < -0.4 is 11.1 Å². The van der Waals surface area contributed by atoms with Crippen molar-refractivity contribution in [3.05, 3.63) is 42.5 Å². The Kier molecular flexibility index (Phi) is 1.91. The van der Waals surface area contributed by atoms with Gasteiger partial charge in [0.15, 0.2) is 17.4 Å². The summed E-state index contributed by atoms with van der Waals surface area (Å²) in [5, 5.41) is 8.37. The van der Waals surface area contributed by atoms with Crippen LogP contribution in [0.2, 0.25) is 0 Å². The van der Waals surface area contributed by atoms with Gasteiger partial charge < -0.3 is 15.5 Å². The van der Waals surface area contributed by atoms with E-state index in [1.54, 1.807) is 17.1 Å². The fourth-order valence-electron chi connectivity index (χ4n) is 2.20. The maximum absolute atomic E-state index is 5.83. The molecule has 1 atom stereocenters. The van der Waals surface area contributed by atoms with Crippen molar-refractivity contribution in [3.8, 4) is 0 Å². The fourth-order valence-corrected chi connectivity index (χ4v) is 2.20. The number of pyridine rings is 1. The van der Waals surface area contributed by atoms with Gasteiger partial charge >= 0.3 is 0 Å². The van der Waals surface area contributed by atoms with E-state index in [0.29, 0.717) is 17.4 Å². The van der Waals surface area contributed by atoms with E-state index in [1.165, 1.54) is 0 Å². The first-order chi connectivity index (χ1) is 9.33. The van der Waals surface area contributed by atoms with Crippen molar-refractivity contribution in [2.75, 3.05) is 5.32 Å². The van der Waals surface area contributed by atoms with E-state index in [9.17, 15) is 0 Å². The molecule has 0 spiro atoms. The van der Waals surface area contributed by atoms with Crippen LogP contribution in [0.1, 0.15) is 11.9 Å². The molecule has 0 amide bonds. The first-order valence-corrected chi connectivity index (χ1v) is 5.80. The van der Waals surface area contributed by atoms with Crippen molar-refractivity contribution in [1.29, 1.82) is 0 Å². The Morgan fingerprint density at radius 2 is 2.26 bits per heavy atom. The normalized spacial score (nSPS) is 17.9. The van der Waals surface area contributed by atoms with Crippen LogP contribution in [-0.4, -0.2) is 20.7 Å². The lowest BCUT2D eigenvalue weighted by Crippen LogP contribution is -2.31. The number of nitrogens with one attached hydrogen (secondary N) is 1. The lowest BCUT2D eigenvalue weighted by atomic mass is 10.3. The Hall–Kier alpha value is -2.83. The highest BCUT2D eigenvalue weighted by molar-refractivity contribution is 6.00. The number of hydrogen-bond donors (Lipinski definition) is 2. The summed E-state index contributed by atoms with van der Waals surface area (Å²) in [7, 11) is 0. The third-order valence-electron chi connectivity index (χ3n) is 3.01. The summed E-state index contributed by atoms with van der Waals surface area (Å²) in [5.41, 5.74) is 6.48. The van der Waals surface area contributed by atoms with Crippen LogP contribution in [0.3, 0.4) is 0 Å². The molecule has 0 radical (unpaired) electrons. The number of rotatable bonds is 1. The Labute approximate surface area is 107 Å². The van der Waals surface area contributed by atoms with Gasteiger partial charge in [0, 0.05) is 6.20 Å². The van der Waals surface area contributed by atoms with Crippen LogP contribution in [0.25, 0.3) is 11.0 Å². The zero-order valence-electron chi connectivity index (χ0n) is 9.82. The number of nitrogens with zero attached hydrogens (tertiary/aromatic N) is 4. The van der Waals surface area contributed by atoms with Gasteiger partial charge in [-0.1, -0.05) is 0 Å². The second kappa shape index (κ2) is 3.58. The number of guanidine groups is 1. The van der Waals surface area contributed by atoms with Crippen molar-refractivity contribution >= 4 is 22.8 Å². The molecule has 3 aromatic heterocycles. The number of furan rings is 1. The summed E-state index contributed by atoms with van der Waals surface area (Å²) in [6, 6.07) is 7.45. The first-order valence-electron chi connectivity index (χ1n) is 5.80. The summed E-state index contributed by atoms with van der Waals surface area (Å²) in [6.45, 7) is 0. The lowest BCUT2D eigenvalue weighted by molar-refractivity contribution is 0.416. The molecule has 3 aromatic rings. The van der Waals surface area contributed by atoms with Crippen LogP contribution in [-0.2, 0) is 0 Å². The summed E-state index contributed by atoms with van der Waals surface area (Å²) in [5.74, 6) is 1.79. The van der Waals surface area contributed by atoms with Crippen molar-refractivity contribution in [2.24, 2.45) is 10.7 Å². The molecule has 1 aliphatic rings. The van der Waals surface area contributed by atoms with E-state index >= 15 is 0 Å². The van der Waals surface area contributed by atoms with Gasteiger partial charge in [-0.3, -0.25) is 0 Å². The summed E-state index contributed by atoms with van der Waals surface area (Å²) in [6.07, 6.45) is 2.90.